The van der Waals surface area contributed by atoms with E-state index in [0.29, 0.717) is 11.3 Å². The van der Waals surface area contributed by atoms with Crippen molar-refractivity contribution >= 4 is 34.5 Å². The highest BCUT2D eigenvalue weighted by atomic mass is 127. The van der Waals surface area contributed by atoms with Crippen molar-refractivity contribution in [3.63, 3.8) is 0 Å². The molecule has 2 nitrogen and oxygen atoms in total. The lowest BCUT2D eigenvalue weighted by Crippen LogP contribution is -1.87. The van der Waals surface area contributed by atoms with Crippen LogP contribution in [0.4, 0.5) is 10.1 Å². The first-order chi connectivity index (χ1) is 8.56. The lowest BCUT2D eigenvalue weighted by atomic mass is 10.1. The zero-order valence-electron chi connectivity index (χ0n) is 9.69. The van der Waals surface area contributed by atoms with Gasteiger partial charge in [0, 0.05) is 11.8 Å². The lowest BCUT2D eigenvalue weighted by Gasteiger charge is -2.03. The van der Waals surface area contributed by atoms with Crippen LogP contribution in [0.3, 0.4) is 0 Å². The molecule has 2 aromatic carbocycles. The summed E-state index contributed by atoms with van der Waals surface area (Å²) < 4.78 is 13.5. The van der Waals surface area contributed by atoms with Gasteiger partial charge in [0.2, 0.25) is 0 Å². The van der Waals surface area contributed by atoms with E-state index in [1.54, 1.807) is 18.3 Å². The zero-order valence-corrected chi connectivity index (χ0v) is 11.8. The quantitative estimate of drug-likeness (QED) is 0.636. The van der Waals surface area contributed by atoms with Crippen LogP contribution in [-0.2, 0) is 0 Å². The molecule has 0 saturated heterocycles. The van der Waals surface area contributed by atoms with Crippen molar-refractivity contribution < 1.29 is 9.50 Å². The van der Waals surface area contributed by atoms with Crippen LogP contribution >= 0.6 is 22.6 Å². The number of nitrogens with zero attached hydrogens (tertiary/aromatic N) is 1. The van der Waals surface area contributed by atoms with Gasteiger partial charge in [-0.1, -0.05) is 0 Å². The summed E-state index contributed by atoms with van der Waals surface area (Å²) >= 11 is 2.07. The molecule has 0 unspecified atom stereocenters. The summed E-state index contributed by atoms with van der Waals surface area (Å²) in [5, 5.41) is 9.89. The topological polar surface area (TPSA) is 32.6 Å². The molecule has 0 aliphatic carbocycles. The van der Waals surface area contributed by atoms with Crippen LogP contribution in [-0.4, -0.2) is 11.3 Å². The first kappa shape index (κ1) is 13.0. The number of hydrogen-bond donors (Lipinski definition) is 1. The summed E-state index contributed by atoms with van der Waals surface area (Å²) in [6, 6.07) is 9.63. The molecule has 0 aliphatic rings. The van der Waals surface area contributed by atoms with Crippen LogP contribution in [0.25, 0.3) is 0 Å². The fourth-order valence-corrected chi connectivity index (χ4v) is 2.33. The first-order valence-electron chi connectivity index (χ1n) is 5.35. The van der Waals surface area contributed by atoms with E-state index in [9.17, 15) is 9.50 Å². The van der Waals surface area contributed by atoms with E-state index in [4.69, 9.17) is 0 Å². The van der Waals surface area contributed by atoms with E-state index in [2.05, 4.69) is 27.6 Å². The van der Waals surface area contributed by atoms with Gasteiger partial charge in [-0.3, -0.25) is 4.99 Å². The minimum atomic E-state index is -0.290. The number of hydrogen-bond acceptors (Lipinski definition) is 2. The van der Waals surface area contributed by atoms with Gasteiger partial charge in [0.25, 0.3) is 0 Å². The number of benzene rings is 2. The number of phenolic OH excluding ortho intramolecular Hbond substituents is 1. The molecule has 4 heteroatoms. The summed E-state index contributed by atoms with van der Waals surface area (Å²) in [7, 11) is 0. The Morgan fingerprint density at radius 3 is 2.56 bits per heavy atom. The second kappa shape index (κ2) is 5.48. The fourth-order valence-electron chi connectivity index (χ4n) is 1.53. The third kappa shape index (κ3) is 3.07. The van der Waals surface area contributed by atoms with Gasteiger partial charge >= 0.3 is 0 Å². The molecule has 0 fully saturated rings. The number of rotatable bonds is 2. The molecule has 0 aliphatic heterocycles. The van der Waals surface area contributed by atoms with Crippen LogP contribution in [0, 0.1) is 16.3 Å². The zero-order chi connectivity index (χ0) is 13.1. The fraction of sp³-hybridized carbons (Fsp3) is 0.0714. The molecule has 0 atom stereocenters. The molecule has 0 spiro atoms. The molecular formula is C14H11FINO. The van der Waals surface area contributed by atoms with Gasteiger partial charge in [0.15, 0.2) is 0 Å². The number of aromatic hydroxyl groups is 1. The summed E-state index contributed by atoms with van der Waals surface area (Å²) in [6.45, 7) is 1.96. The molecule has 0 radical (unpaired) electrons. The predicted molar refractivity (Wildman–Crippen MR) is 79.2 cm³/mol. The van der Waals surface area contributed by atoms with E-state index < -0.39 is 0 Å². The average molecular weight is 355 g/mol. The van der Waals surface area contributed by atoms with E-state index in [0.717, 1.165) is 9.13 Å². The molecule has 0 amide bonds. The maximum absolute atomic E-state index is 12.7. The Kier molecular flexibility index (Phi) is 3.96. The largest absolute Gasteiger partial charge is 0.506 e. The second-order valence-corrected chi connectivity index (χ2v) is 5.08. The molecule has 0 saturated carbocycles. The average Bonchev–Trinajstić information content (AvgIpc) is 2.34. The van der Waals surface area contributed by atoms with E-state index in [1.807, 2.05) is 19.1 Å². The van der Waals surface area contributed by atoms with Crippen LogP contribution in [0.1, 0.15) is 11.1 Å². The molecule has 2 rings (SSSR count). The van der Waals surface area contributed by atoms with Crippen molar-refractivity contribution in [1.29, 1.82) is 0 Å². The van der Waals surface area contributed by atoms with Gasteiger partial charge in [0.05, 0.1) is 9.26 Å². The van der Waals surface area contributed by atoms with Gasteiger partial charge in [-0.2, -0.15) is 0 Å². The van der Waals surface area contributed by atoms with Crippen molar-refractivity contribution in [3.8, 4) is 5.75 Å². The Hall–Kier alpha value is -1.43. The van der Waals surface area contributed by atoms with E-state index in [1.165, 1.54) is 12.1 Å². The first-order valence-corrected chi connectivity index (χ1v) is 6.43. The van der Waals surface area contributed by atoms with Gasteiger partial charge in [-0.15, -0.1) is 0 Å². The molecule has 92 valence electrons. The number of phenols is 1. The Bertz CT molecular complexity index is 593. The summed E-state index contributed by atoms with van der Waals surface area (Å²) in [6.07, 6.45) is 1.58. The maximum Gasteiger partial charge on any atom is 0.137 e. The monoisotopic (exact) mass is 355 g/mol. The highest BCUT2D eigenvalue weighted by Crippen LogP contribution is 2.25. The number of halogens is 2. The minimum Gasteiger partial charge on any atom is -0.506 e. The molecule has 0 aromatic heterocycles. The lowest BCUT2D eigenvalue weighted by molar-refractivity contribution is 0.470. The van der Waals surface area contributed by atoms with Gasteiger partial charge in [0.1, 0.15) is 11.6 Å². The molecule has 0 heterocycles. The van der Waals surface area contributed by atoms with Gasteiger partial charge < -0.3 is 5.11 Å². The van der Waals surface area contributed by atoms with Crippen LogP contribution in [0.15, 0.2) is 41.4 Å². The standard InChI is InChI=1S/C14H11FINO/c1-9-6-10(14(18)13(16)7-9)8-17-12-4-2-11(15)3-5-12/h2-8,18H,1H3. The SMILES string of the molecule is Cc1cc(I)c(O)c(C=Nc2ccc(F)cc2)c1. The van der Waals surface area contributed by atoms with Gasteiger partial charge in [-0.25, -0.2) is 4.39 Å². The molecular weight excluding hydrogens is 344 g/mol. The van der Waals surface area contributed by atoms with Crippen molar-refractivity contribution in [3.05, 3.63) is 56.9 Å². The highest BCUT2D eigenvalue weighted by Gasteiger charge is 2.04. The number of aliphatic imine (C=N–C) groups is 1. The summed E-state index contributed by atoms with van der Waals surface area (Å²) in [4.78, 5) is 4.21. The Morgan fingerprint density at radius 2 is 1.89 bits per heavy atom. The molecule has 2 aromatic rings. The van der Waals surface area contributed by atoms with Gasteiger partial charge in [-0.05, 0) is 71.5 Å². The van der Waals surface area contributed by atoms with E-state index >= 15 is 0 Å². The Balaban J connectivity index is 2.31. The Labute approximate surface area is 118 Å². The van der Waals surface area contributed by atoms with E-state index in [-0.39, 0.29) is 11.6 Å². The smallest absolute Gasteiger partial charge is 0.137 e. The van der Waals surface area contributed by atoms with Crippen molar-refractivity contribution in [2.24, 2.45) is 4.99 Å². The van der Waals surface area contributed by atoms with Crippen molar-refractivity contribution in [2.75, 3.05) is 0 Å². The van der Waals surface area contributed by atoms with Crippen molar-refractivity contribution in [1.82, 2.24) is 0 Å². The third-order valence-electron chi connectivity index (χ3n) is 2.42. The second-order valence-electron chi connectivity index (χ2n) is 3.92. The normalized spacial score (nSPS) is 11.1. The van der Waals surface area contributed by atoms with Crippen LogP contribution < -0.4 is 0 Å². The minimum absolute atomic E-state index is 0.215. The molecule has 0 bridgehead atoms. The summed E-state index contributed by atoms with van der Waals surface area (Å²) in [5.74, 6) is -0.0750. The van der Waals surface area contributed by atoms with Crippen molar-refractivity contribution in [2.45, 2.75) is 6.92 Å². The molecule has 1 N–H and O–H groups in total. The highest BCUT2D eigenvalue weighted by molar-refractivity contribution is 14.1. The Morgan fingerprint density at radius 1 is 1.22 bits per heavy atom. The van der Waals surface area contributed by atoms with Crippen LogP contribution in [0.5, 0.6) is 5.75 Å². The maximum atomic E-state index is 12.7. The third-order valence-corrected chi connectivity index (χ3v) is 3.24. The van der Waals surface area contributed by atoms with Crippen LogP contribution in [0.2, 0.25) is 0 Å². The predicted octanol–water partition coefficient (Wildman–Crippen LogP) is 4.19. The molecule has 18 heavy (non-hydrogen) atoms. The summed E-state index contributed by atoms with van der Waals surface area (Å²) in [5.41, 5.74) is 2.36. The number of aryl methyl sites for hydroxylation is 1.